The maximum atomic E-state index is 12.6. The fourth-order valence-electron chi connectivity index (χ4n) is 2.47. The van der Waals surface area contributed by atoms with E-state index in [1.807, 2.05) is 12.1 Å². The number of aromatic amines is 1. The Kier molecular flexibility index (Phi) is 4.35. The number of hydrogen-bond acceptors (Lipinski definition) is 3. The number of alkyl halides is 3. The highest BCUT2D eigenvalue weighted by atomic mass is 19.4. The number of rotatable bonds is 4. The molecule has 2 aromatic rings. The van der Waals surface area contributed by atoms with E-state index in [4.69, 9.17) is 5.73 Å². The zero-order valence-corrected chi connectivity index (χ0v) is 13.0. The summed E-state index contributed by atoms with van der Waals surface area (Å²) in [6.07, 6.45) is -1.98. The number of halogens is 3. The van der Waals surface area contributed by atoms with E-state index in [1.165, 1.54) is 12.1 Å². The fraction of sp³-hybridized carbons (Fsp3) is 0.176. The molecule has 0 aliphatic carbocycles. The Morgan fingerprint density at radius 2 is 1.80 bits per heavy atom. The van der Waals surface area contributed by atoms with E-state index in [-0.39, 0.29) is 11.3 Å². The molecule has 0 fully saturated rings. The van der Waals surface area contributed by atoms with Gasteiger partial charge in [-0.25, -0.2) is 5.43 Å². The summed E-state index contributed by atoms with van der Waals surface area (Å²) in [5.41, 5.74) is 9.75. The molecule has 25 heavy (non-hydrogen) atoms. The van der Waals surface area contributed by atoms with Gasteiger partial charge in [0.1, 0.15) is 5.69 Å². The lowest BCUT2D eigenvalue weighted by molar-refractivity contribution is -0.140. The van der Waals surface area contributed by atoms with Gasteiger partial charge in [-0.1, -0.05) is 12.1 Å². The summed E-state index contributed by atoms with van der Waals surface area (Å²) in [5.74, 6) is -0.435. The topological polar surface area (TPSA) is 83.3 Å². The molecule has 2 heterocycles. The largest absolute Gasteiger partial charge is 0.431 e. The molecular formula is C17H15F3N4O. The van der Waals surface area contributed by atoms with E-state index < -0.39 is 17.8 Å². The van der Waals surface area contributed by atoms with Gasteiger partial charge < -0.3 is 10.7 Å². The summed E-state index contributed by atoms with van der Waals surface area (Å²) >= 11 is 0. The maximum absolute atomic E-state index is 12.6. The first-order chi connectivity index (χ1) is 11.8. The number of nitrogens with two attached hydrogens (primary N) is 1. The molecule has 0 saturated carbocycles. The van der Waals surface area contributed by atoms with Crippen LogP contribution in [0.5, 0.6) is 0 Å². The molecule has 1 amide bonds. The molecule has 1 aliphatic heterocycles. The Labute approximate surface area is 141 Å². The summed E-state index contributed by atoms with van der Waals surface area (Å²) in [6.45, 7) is 0. The number of aryl methyl sites for hydroxylation is 1. The summed E-state index contributed by atoms with van der Waals surface area (Å²) in [5, 5.41) is 3.97. The maximum Gasteiger partial charge on any atom is 0.431 e. The van der Waals surface area contributed by atoms with Gasteiger partial charge in [0.15, 0.2) is 0 Å². The van der Waals surface area contributed by atoms with Crippen LogP contribution in [0.15, 0.2) is 47.1 Å². The van der Waals surface area contributed by atoms with Crippen LogP contribution in [0.25, 0.3) is 6.08 Å². The van der Waals surface area contributed by atoms with Gasteiger partial charge in [0, 0.05) is 11.4 Å². The number of hydrazone groups is 1. The van der Waals surface area contributed by atoms with Crippen LogP contribution in [0.2, 0.25) is 0 Å². The average molecular weight is 348 g/mol. The van der Waals surface area contributed by atoms with Crippen molar-refractivity contribution in [3.8, 4) is 0 Å². The Hall–Kier alpha value is -3.03. The standard InChI is InChI=1S/C17H15F3N4O/c18-17(19,20)15-8-6-12(22-15)9-13-14(23-24-16(13)25)7-3-10-1-4-11(21)5-2-10/h1-2,4-6,8-9,22H,3,7,21H2,(H,24,25)/b13-9-. The molecule has 4 N–H and O–H groups in total. The van der Waals surface area contributed by atoms with E-state index in [0.29, 0.717) is 24.2 Å². The minimum Gasteiger partial charge on any atom is -0.399 e. The van der Waals surface area contributed by atoms with E-state index in [9.17, 15) is 18.0 Å². The summed E-state index contributed by atoms with van der Waals surface area (Å²) < 4.78 is 37.9. The highest BCUT2D eigenvalue weighted by Gasteiger charge is 2.32. The molecule has 3 rings (SSSR count). The van der Waals surface area contributed by atoms with Crippen LogP contribution in [-0.2, 0) is 17.4 Å². The van der Waals surface area contributed by atoms with Gasteiger partial charge in [-0.3, -0.25) is 4.79 Å². The molecule has 0 spiro atoms. The zero-order valence-electron chi connectivity index (χ0n) is 13.0. The molecule has 8 heteroatoms. The average Bonchev–Trinajstić information content (AvgIpc) is 3.16. The molecule has 0 saturated heterocycles. The SMILES string of the molecule is Nc1ccc(CCC2=NNC(=O)/C2=C\c2ccc(C(F)(F)F)[nH]2)cc1. The molecule has 5 nitrogen and oxygen atoms in total. The van der Waals surface area contributed by atoms with E-state index in [2.05, 4.69) is 15.5 Å². The summed E-state index contributed by atoms with van der Waals surface area (Å²) in [6, 6.07) is 9.53. The van der Waals surface area contributed by atoms with Crippen molar-refractivity contribution in [2.75, 3.05) is 5.73 Å². The fourth-order valence-corrected chi connectivity index (χ4v) is 2.47. The Bertz CT molecular complexity index is 848. The third-order valence-electron chi connectivity index (χ3n) is 3.79. The summed E-state index contributed by atoms with van der Waals surface area (Å²) in [4.78, 5) is 14.2. The second-order valence-corrected chi connectivity index (χ2v) is 5.62. The quantitative estimate of drug-likeness (QED) is 0.586. The Balaban J connectivity index is 1.75. The Morgan fingerprint density at radius 3 is 2.44 bits per heavy atom. The third-order valence-corrected chi connectivity index (χ3v) is 3.79. The minimum absolute atomic E-state index is 0.194. The van der Waals surface area contributed by atoms with Crippen molar-refractivity contribution in [1.82, 2.24) is 10.4 Å². The number of anilines is 1. The molecule has 0 atom stereocenters. The van der Waals surface area contributed by atoms with E-state index in [0.717, 1.165) is 11.6 Å². The number of benzene rings is 1. The highest BCUT2D eigenvalue weighted by molar-refractivity contribution is 6.27. The molecular weight excluding hydrogens is 333 g/mol. The van der Waals surface area contributed by atoms with Gasteiger partial charge in [-0.2, -0.15) is 18.3 Å². The first-order valence-corrected chi connectivity index (χ1v) is 7.52. The van der Waals surface area contributed by atoms with Crippen LogP contribution in [0.4, 0.5) is 18.9 Å². The number of H-pyrrole nitrogens is 1. The van der Waals surface area contributed by atoms with E-state index in [1.54, 1.807) is 12.1 Å². The molecule has 0 radical (unpaired) electrons. The monoisotopic (exact) mass is 348 g/mol. The van der Waals surface area contributed by atoms with Crippen molar-refractivity contribution in [3.63, 3.8) is 0 Å². The molecule has 130 valence electrons. The molecule has 1 aliphatic rings. The predicted octanol–water partition coefficient (Wildman–Crippen LogP) is 3.12. The Morgan fingerprint density at radius 1 is 1.08 bits per heavy atom. The highest BCUT2D eigenvalue weighted by Crippen LogP contribution is 2.29. The lowest BCUT2D eigenvalue weighted by Gasteiger charge is -2.04. The number of hydrogen-bond donors (Lipinski definition) is 3. The lowest BCUT2D eigenvalue weighted by Crippen LogP contribution is -2.13. The van der Waals surface area contributed by atoms with Crippen LogP contribution in [0.1, 0.15) is 23.4 Å². The molecule has 0 unspecified atom stereocenters. The van der Waals surface area contributed by atoms with Gasteiger partial charge in [0.2, 0.25) is 0 Å². The number of aromatic nitrogens is 1. The van der Waals surface area contributed by atoms with Crippen LogP contribution < -0.4 is 11.2 Å². The normalized spacial score (nSPS) is 16.2. The van der Waals surface area contributed by atoms with Crippen molar-refractivity contribution in [2.45, 2.75) is 19.0 Å². The number of carbonyl (C=O) groups excluding carboxylic acids is 1. The zero-order chi connectivity index (χ0) is 18.0. The smallest absolute Gasteiger partial charge is 0.399 e. The van der Waals surface area contributed by atoms with Crippen LogP contribution in [0, 0.1) is 0 Å². The molecule has 1 aromatic heterocycles. The summed E-state index contributed by atoms with van der Waals surface area (Å²) in [7, 11) is 0. The second-order valence-electron chi connectivity index (χ2n) is 5.62. The minimum atomic E-state index is -4.46. The van der Waals surface area contributed by atoms with Crippen LogP contribution >= 0.6 is 0 Å². The number of carbonyl (C=O) groups is 1. The van der Waals surface area contributed by atoms with Gasteiger partial charge in [0.25, 0.3) is 5.91 Å². The van der Waals surface area contributed by atoms with Crippen molar-refractivity contribution in [3.05, 3.63) is 58.9 Å². The van der Waals surface area contributed by atoms with Crippen molar-refractivity contribution < 1.29 is 18.0 Å². The first kappa shape index (κ1) is 16.8. The van der Waals surface area contributed by atoms with Gasteiger partial charge in [-0.15, -0.1) is 0 Å². The van der Waals surface area contributed by atoms with Crippen molar-refractivity contribution in [2.24, 2.45) is 5.10 Å². The van der Waals surface area contributed by atoms with Gasteiger partial charge in [-0.05, 0) is 48.7 Å². The van der Waals surface area contributed by atoms with Crippen LogP contribution in [-0.4, -0.2) is 16.6 Å². The number of amides is 1. The number of nitrogen functional groups attached to an aromatic ring is 1. The van der Waals surface area contributed by atoms with Crippen molar-refractivity contribution in [1.29, 1.82) is 0 Å². The van der Waals surface area contributed by atoms with Gasteiger partial charge >= 0.3 is 6.18 Å². The van der Waals surface area contributed by atoms with E-state index >= 15 is 0 Å². The lowest BCUT2D eigenvalue weighted by atomic mass is 10.0. The number of nitrogens with zero attached hydrogens (tertiary/aromatic N) is 1. The molecule has 0 bridgehead atoms. The molecule has 1 aromatic carbocycles. The second kappa shape index (κ2) is 6.46. The number of nitrogens with one attached hydrogen (secondary N) is 2. The van der Waals surface area contributed by atoms with Gasteiger partial charge in [0.05, 0.1) is 11.3 Å². The van der Waals surface area contributed by atoms with Crippen molar-refractivity contribution >= 4 is 23.4 Å². The van der Waals surface area contributed by atoms with Crippen LogP contribution in [0.3, 0.4) is 0 Å². The predicted molar refractivity (Wildman–Crippen MR) is 88.5 cm³/mol. The third kappa shape index (κ3) is 3.90. The first-order valence-electron chi connectivity index (χ1n) is 7.52.